The molecule has 0 radical (unpaired) electrons. The fraction of sp³-hybridized carbons (Fsp3) is 1.00. The Labute approximate surface area is 63.2 Å². The maximum atomic E-state index is 5.63. The molecule has 0 bridgehead atoms. The summed E-state index contributed by atoms with van der Waals surface area (Å²) >= 11 is 0. The third kappa shape index (κ3) is 1.70. The molecule has 0 aliphatic heterocycles. The lowest BCUT2D eigenvalue weighted by Gasteiger charge is -2.30. The fourth-order valence-corrected chi connectivity index (χ4v) is 1.87. The van der Waals surface area contributed by atoms with Gasteiger partial charge in [-0.2, -0.15) is 0 Å². The van der Waals surface area contributed by atoms with Crippen molar-refractivity contribution in [3.05, 3.63) is 0 Å². The van der Waals surface area contributed by atoms with E-state index in [1.54, 1.807) is 0 Å². The van der Waals surface area contributed by atoms with E-state index in [0.717, 1.165) is 12.5 Å². The van der Waals surface area contributed by atoms with E-state index >= 15 is 0 Å². The minimum atomic E-state index is 0.693. The van der Waals surface area contributed by atoms with Gasteiger partial charge in [0.2, 0.25) is 0 Å². The summed E-state index contributed by atoms with van der Waals surface area (Å²) in [6, 6.07) is 0.693. The Kier molecular flexibility index (Phi) is 3.16. The second kappa shape index (κ2) is 3.94. The summed E-state index contributed by atoms with van der Waals surface area (Å²) in [6.45, 7) is 0.853. The predicted octanol–water partition coefficient (Wildman–Crippen LogP) is 0.723. The van der Waals surface area contributed by atoms with Crippen molar-refractivity contribution < 1.29 is 0 Å². The number of nitrogens with two attached hydrogens (primary N) is 1. The molecule has 1 rings (SSSR count). The summed E-state index contributed by atoms with van der Waals surface area (Å²) in [7, 11) is 2.04. The Bertz CT molecular complexity index is 81.3. The number of rotatable bonds is 2. The van der Waals surface area contributed by atoms with E-state index in [2.05, 4.69) is 5.32 Å². The lowest BCUT2D eigenvalue weighted by molar-refractivity contribution is 0.281. The SMILES string of the molecule is CN[C@H]1CCCC[C@@H]1CN. The largest absolute Gasteiger partial charge is 0.330 e. The Hall–Kier alpha value is -0.0800. The molecule has 0 saturated heterocycles. The molecule has 1 saturated carbocycles. The molecule has 3 N–H and O–H groups in total. The minimum absolute atomic E-state index is 0.693. The van der Waals surface area contributed by atoms with Crippen LogP contribution in [0.3, 0.4) is 0 Å². The first-order valence-electron chi connectivity index (χ1n) is 4.26. The van der Waals surface area contributed by atoms with Crippen LogP contribution < -0.4 is 11.1 Å². The monoisotopic (exact) mass is 142 g/mol. The van der Waals surface area contributed by atoms with Gasteiger partial charge in [0.15, 0.2) is 0 Å². The van der Waals surface area contributed by atoms with Gasteiger partial charge in [0, 0.05) is 6.04 Å². The topological polar surface area (TPSA) is 38.0 Å². The van der Waals surface area contributed by atoms with E-state index in [1.165, 1.54) is 25.7 Å². The second-order valence-electron chi connectivity index (χ2n) is 3.18. The highest BCUT2D eigenvalue weighted by Crippen LogP contribution is 2.22. The van der Waals surface area contributed by atoms with Gasteiger partial charge >= 0.3 is 0 Å². The first-order chi connectivity index (χ1) is 4.88. The zero-order chi connectivity index (χ0) is 7.40. The van der Waals surface area contributed by atoms with E-state index < -0.39 is 0 Å². The molecule has 2 nitrogen and oxygen atoms in total. The maximum absolute atomic E-state index is 5.63. The molecule has 0 aromatic heterocycles. The fourth-order valence-electron chi connectivity index (χ4n) is 1.87. The van der Waals surface area contributed by atoms with Crippen LogP contribution in [0.1, 0.15) is 25.7 Å². The van der Waals surface area contributed by atoms with Crippen LogP contribution in [0.4, 0.5) is 0 Å². The zero-order valence-corrected chi connectivity index (χ0v) is 6.77. The van der Waals surface area contributed by atoms with Crippen LogP contribution in [-0.4, -0.2) is 19.6 Å². The highest BCUT2D eigenvalue weighted by Gasteiger charge is 2.21. The van der Waals surface area contributed by atoms with Crippen LogP contribution in [0.25, 0.3) is 0 Å². The van der Waals surface area contributed by atoms with Crippen LogP contribution in [0.15, 0.2) is 0 Å². The molecule has 0 unspecified atom stereocenters. The van der Waals surface area contributed by atoms with Crippen molar-refractivity contribution in [1.29, 1.82) is 0 Å². The number of hydrogen-bond acceptors (Lipinski definition) is 2. The molecule has 2 heteroatoms. The third-order valence-electron chi connectivity index (χ3n) is 2.58. The van der Waals surface area contributed by atoms with Gasteiger partial charge in [-0.1, -0.05) is 12.8 Å². The van der Waals surface area contributed by atoms with Crippen LogP contribution >= 0.6 is 0 Å². The summed E-state index contributed by atoms with van der Waals surface area (Å²) < 4.78 is 0. The van der Waals surface area contributed by atoms with Crippen molar-refractivity contribution in [2.45, 2.75) is 31.7 Å². The van der Waals surface area contributed by atoms with Crippen molar-refractivity contribution >= 4 is 0 Å². The van der Waals surface area contributed by atoms with Crippen molar-refractivity contribution in [2.75, 3.05) is 13.6 Å². The predicted molar refractivity (Wildman–Crippen MR) is 43.9 cm³/mol. The van der Waals surface area contributed by atoms with Gasteiger partial charge in [-0.05, 0) is 32.4 Å². The van der Waals surface area contributed by atoms with Crippen molar-refractivity contribution in [3.8, 4) is 0 Å². The molecule has 1 fully saturated rings. The van der Waals surface area contributed by atoms with Gasteiger partial charge in [0.1, 0.15) is 0 Å². The van der Waals surface area contributed by atoms with E-state index in [4.69, 9.17) is 5.73 Å². The Morgan fingerprint density at radius 1 is 1.40 bits per heavy atom. The molecule has 60 valence electrons. The Balaban J connectivity index is 2.34. The van der Waals surface area contributed by atoms with Crippen molar-refractivity contribution in [3.63, 3.8) is 0 Å². The number of nitrogens with one attached hydrogen (secondary N) is 1. The highest BCUT2D eigenvalue weighted by molar-refractivity contribution is 4.79. The number of hydrogen-bond donors (Lipinski definition) is 2. The maximum Gasteiger partial charge on any atom is 0.0104 e. The van der Waals surface area contributed by atoms with Crippen LogP contribution in [0.5, 0.6) is 0 Å². The molecule has 0 aromatic carbocycles. The standard InChI is InChI=1S/C8H18N2/c1-10-8-5-3-2-4-7(8)6-9/h7-8,10H,2-6,9H2,1H3/t7-,8+/m1/s1. The molecular formula is C8H18N2. The summed E-state index contributed by atoms with van der Waals surface area (Å²) in [5, 5.41) is 3.32. The van der Waals surface area contributed by atoms with Crippen LogP contribution in [-0.2, 0) is 0 Å². The molecule has 0 aromatic rings. The quantitative estimate of drug-likeness (QED) is 0.596. The van der Waals surface area contributed by atoms with E-state index in [1.807, 2.05) is 7.05 Å². The van der Waals surface area contributed by atoms with Gasteiger partial charge in [-0.25, -0.2) is 0 Å². The molecule has 1 aliphatic carbocycles. The molecular weight excluding hydrogens is 124 g/mol. The molecule has 1 aliphatic rings. The van der Waals surface area contributed by atoms with Crippen LogP contribution in [0.2, 0.25) is 0 Å². The lowest BCUT2D eigenvalue weighted by atomic mass is 9.85. The minimum Gasteiger partial charge on any atom is -0.330 e. The average Bonchev–Trinajstić information content (AvgIpc) is 2.04. The molecule has 0 spiro atoms. The third-order valence-corrected chi connectivity index (χ3v) is 2.58. The van der Waals surface area contributed by atoms with E-state index in [9.17, 15) is 0 Å². The molecule has 2 atom stereocenters. The van der Waals surface area contributed by atoms with Crippen LogP contribution in [0, 0.1) is 5.92 Å². The van der Waals surface area contributed by atoms with Gasteiger partial charge in [-0.15, -0.1) is 0 Å². The summed E-state index contributed by atoms with van der Waals surface area (Å²) in [6.07, 6.45) is 5.39. The zero-order valence-electron chi connectivity index (χ0n) is 6.77. The summed E-state index contributed by atoms with van der Waals surface area (Å²) in [4.78, 5) is 0. The lowest BCUT2D eigenvalue weighted by Crippen LogP contribution is -2.39. The van der Waals surface area contributed by atoms with Gasteiger partial charge in [-0.3, -0.25) is 0 Å². The highest BCUT2D eigenvalue weighted by atomic mass is 14.9. The first kappa shape index (κ1) is 8.02. The van der Waals surface area contributed by atoms with Gasteiger partial charge < -0.3 is 11.1 Å². The molecule has 0 heterocycles. The molecule has 10 heavy (non-hydrogen) atoms. The smallest absolute Gasteiger partial charge is 0.0104 e. The Morgan fingerprint density at radius 3 is 2.60 bits per heavy atom. The normalized spacial score (nSPS) is 34.2. The van der Waals surface area contributed by atoms with Crippen molar-refractivity contribution in [1.82, 2.24) is 5.32 Å². The molecule has 0 amide bonds. The Morgan fingerprint density at radius 2 is 2.10 bits per heavy atom. The van der Waals surface area contributed by atoms with Gasteiger partial charge in [0.25, 0.3) is 0 Å². The summed E-state index contributed by atoms with van der Waals surface area (Å²) in [5.74, 6) is 0.735. The first-order valence-corrected chi connectivity index (χ1v) is 4.26. The average molecular weight is 142 g/mol. The van der Waals surface area contributed by atoms with Crippen molar-refractivity contribution in [2.24, 2.45) is 11.7 Å². The second-order valence-corrected chi connectivity index (χ2v) is 3.18. The van der Waals surface area contributed by atoms with E-state index in [-0.39, 0.29) is 0 Å². The summed E-state index contributed by atoms with van der Waals surface area (Å²) in [5.41, 5.74) is 5.63. The van der Waals surface area contributed by atoms with E-state index in [0.29, 0.717) is 6.04 Å². The van der Waals surface area contributed by atoms with Gasteiger partial charge in [0.05, 0.1) is 0 Å².